The van der Waals surface area contributed by atoms with E-state index in [2.05, 4.69) is 0 Å². The number of phenols is 3. The Morgan fingerprint density at radius 1 is 0.875 bits per heavy atom. The second kappa shape index (κ2) is 7.73. The van der Waals surface area contributed by atoms with Crippen molar-refractivity contribution in [3.8, 4) is 23.0 Å². The lowest BCUT2D eigenvalue weighted by Crippen LogP contribution is -2.60. The van der Waals surface area contributed by atoms with Crippen LogP contribution in [0.1, 0.15) is 37.4 Å². The van der Waals surface area contributed by atoms with E-state index in [-0.39, 0.29) is 11.1 Å². The first-order chi connectivity index (χ1) is 15.1. The smallest absolute Gasteiger partial charge is 0.229 e. The lowest BCUT2D eigenvalue weighted by molar-refractivity contribution is -0.277. The van der Waals surface area contributed by atoms with Crippen molar-refractivity contribution >= 4 is 11.6 Å². The van der Waals surface area contributed by atoms with Crippen LogP contribution in [0.4, 0.5) is 0 Å². The molecule has 1 aliphatic carbocycles. The predicted octanol–water partition coefficient (Wildman–Crippen LogP) is -0.934. The van der Waals surface area contributed by atoms with Gasteiger partial charge in [-0.1, -0.05) is 0 Å². The molecule has 1 saturated heterocycles. The predicted molar refractivity (Wildman–Crippen MR) is 104 cm³/mol. The third-order valence-corrected chi connectivity index (χ3v) is 5.52. The van der Waals surface area contributed by atoms with Crippen molar-refractivity contribution in [2.24, 2.45) is 0 Å². The summed E-state index contributed by atoms with van der Waals surface area (Å²) in [5, 5.41) is 70.1. The Balaban J connectivity index is 1.84. The number of aliphatic hydroxyl groups is 4. The number of rotatable bonds is 3. The average molecular weight is 448 g/mol. The van der Waals surface area contributed by atoms with Crippen LogP contribution in [0.5, 0.6) is 23.0 Å². The summed E-state index contributed by atoms with van der Waals surface area (Å²) in [7, 11) is 0. The van der Waals surface area contributed by atoms with Crippen LogP contribution < -0.4 is 4.74 Å². The Kier molecular flexibility index (Phi) is 5.31. The molecular weight excluding hydrogens is 428 g/mol. The number of benzene rings is 2. The molecule has 0 amide bonds. The molecule has 1 aliphatic heterocycles. The molecule has 2 aromatic rings. The summed E-state index contributed by atoms with van der Waals surface area (Å²) in [4.78, 5) is 26.3. The minimum atomic E-state index is -1.84. The number of hydrogen-bond donors (Lipinski definition) is 7. The third kappa shape index (κ3) is 3.18. The molecule has 4 rings (SSSR count). The van der Waals surface area contributed by atoms with Crippen LogP contribution in [-0.4, -0.2) is 84.6 Å². The highest BCUT2D eigenvalue weighted by Crippen LogP contribution is 2.45. The van der Waals surface area contributed by atoms with Gasteiger partial charge in [0.05, 0.1) is 23.3 Å². The first-order valence-electron chi connectivity index (χ1n) is 9.55. The zero-order chi connectivity index (χ0) is 23.5. The van der Waals surface area contributed by atoms with E-state index < -0.39 is 83.0 Å². The fourth-order valence-corrected chi connectivity index (χ4v) is 3.91. The van der Waals surface area contributed by atoms with Crippen molar-refractivity contribution in [2.45, 2.75) is 37.6 Å². The zero-order valence-corrected chi connectivity index (χ0v) is 16.6. The van der Waals surface area contributed by atoms with Crippen molar-refractivity contribution in [1.82, 2.24) is 0 Å². The second-order valence-electron chi connectivity index (χ2n) is 7.67. The molecule has 11 heteroatoms. The maximum Gasteiger partial charge on any atom is 0.229 e. The molecule has 0 spiro atoms. The third-order valence-electron chi connectivity index (χ3n) is 5.52. The Hall–Kier alpha value is -3.22. The molecule has 0 saturated carbocycles. The van der Waals surface area contributed by atoms with Crippen molar-refractivity contribution in [1.29, 1.82) is 0 Å². The molecule has 2 aromatic carbocycles. The van der Waals surface area contributed by atoms with Gasteiger partial charge in [-0.25, -0.2) is 0 Å². The van der Waals surface area contributed by atoms with Crippen LogP contribution in [0.15, 0.2) is 18.2 Å². The minimum Gasteiger partial charge on any atom is -0.507 e. The van der Waals surface area contributed by atoms with Gasteiger partial charge in [-0.3, -0.25) is 9.59 Å². The largest absolute Gasteiger partial charge is 0.507 e. The molecule has 1 fully saturated rings. The molecule has 5 atom stereocenters. The van der Waals surface area contributed by atoms with Gasteiger partial charge in [-0.2, -0.15) is 0 Å². The molecule has 11 nitrogen and oxygen atoms in total. The van der Waals surface area contributed by atoms with Crippen molar-refractivity contribution in [2.75, 3.05) is 6.61 Å². The molecule has 7 N–H and O–H groups in total. The first kappa shape index (κ1) is 22.0. The lowest BCUT2D eigenvalue weighted by atomic mass is 9.81. The van der Waals surface area contributed by atoms with E-state index in [9.17, 15) is 45.3 Å². The Bertz CT molecular complexity index is 1120. The molecule has 0 radical (unpaired) electrons. The maximum atomic E-state index is 13.2. The van der Waals surface area contributed by atoms with Crippen LogP contribution in [0.3, 0.4) is 0 Å². The molecule has 0 aromatic heterocycles. The van der Waals surface area contributed by atoms with E-state index in [1.165, 1.54) is 12.1 Å². The highest BCUT2D eigenvalue weighted by Gasteiger charge is 2.46. The second-order valence-corrected chi connectivity index (χ2v) is 7.67. The quantitative estimate of drug-likeness (QED) is 0.245. The number of ketones is 2. The monoisotopic (exact) mass is 448 g/mol. The maximum absolute atomic E-state index is 13.2. The van der Waals surface area contributed by atoms with Gasteiger partial charge in [0, 0.05) is 11.6 Å². The topological polar surface area (TPSA) is 194 Å². The standard InChI is InChI=1S/C21H20O11/c1-6-2-7-12(8(23)3-6)18(28)13-10(4-9(24)16(26)14(13)15(7)25)31-21-20(30)19(29)17(27)11(5-22)32-21/h2-4,11,17,19-24,26-27,29-30H,5H2,1H3. The van der Waals surface area contributed by atoms with Crippen LogP contribution in [-0.2, 0) is 4.74 Å². The number of aromatic hydroxyl groups is 3. The molecule has 5 unspecified atom stereocenters. The van der Waals surface area contributed by atoms with E-state index in [1.54, 1.807) is 6.92 Å². The summed E-state index contributed by atoms with van der Waals surface area (Å²) in [6, 6.07) is 3.42. The fraction of sp³-hybridized carbons (Fsp3) is 0.333. The summed E-state index contributed by atoms with van der Waals surface area (Å²) in [5.41, 5.74) is -1.12. The minimum absolute atomic E-state index is 0.181. The zero-order valence-electron chi connectivity index (χ0n) is 16.6. The molecule has 2 aliphatic rings. The van der Waals surface area contributed by atoms with E-state index >= 15 is 0 Å². The highest BCUT2D eigenvalue weighted by molar-refractivity contribution is 6.31. The van der Waals surface area contributed by atoms with Gasteiger partial charge in [0.15, 0.2) is 17.3 Å². The fourth-order valence-electron chi connectivity index (χ4n) is 3.91. The van der Waals surface area contributed by atoms with Crippen molar-refractivity contribution in [3.63, 3.8) is 0 Å². The number of aliphatic hydroxyl groups excluding tert-OH is 4. The summed E-state index contributed by atoms with van der Waals surface area (Å²) >= 11 is 0. The van der Waals surface area contributed by atoms with Crippen molar-refractivity contribution < 1.29 is 54.8 Å². The van der Waals surface area contributed by atoms with Gasteiger partial charge in [0.25, 0.3) is 0 Å². The number of ether oxygens (including phenoxy) is 2. The van der Waals surface area contributed by atoms with E-state index in [1.807, 2.05) is 0 Å². The van der Waals surface area contributed by atoms with Gasteiger partial charge in [0.2, 0.25) is 12.1 Å². The summed E-state index contributed by atoms with van der Waals surface area (Å²) in [6.45, 7) is 0.852. The van der Waals surface area contributed by atoms with Crippen LogP contribution in [0.25, 0.3) is 0 Å². The number of carbonyl (C=O) groups is 2. The van der Waals surface area contributed by atoms with Crippen LogP contribution in [0.2, 0.25) is 0 Å². The Labute approximate surface area is 180 Å². The van der Waals surface area contributed by atoms with Crippen molar-refractivity contribution in [3.05, 3.63) is 46.0 Å². The Morgan fingerprint density at radius 3 is 2.22 bits per heavy atom. The average Bonchev–Trinajstić information content (AvgIpc) is 2.74. The number of hydrogen-bond acceptors (Lipinski definition) is 11. The van der Waals surface area contributed by atoms with E-state index in [0.717, 1.165) is 6.07 Å². The number of aryl methyl sites for hydroxylation is 1. The van der Waals surface area contributed by atoms with E-state index in [0.29, 0.717) is 5.56 Å². The van der Waals surface area contributed by atoms with Crippen LogP contribution >= 0.6 is 0 Å². The Morgan fingerprint density at radius 2 is 1.56 bits per heavy atom. The normalized spacial score (nSPS) is 27.1. The first-order valence-corrected chi connectivity index (χ1v) is 9.55. The number of phenolic OH excluding ortho intramolecular Hbond substituents is 3. The van der Waals surface area contributed by atoms with E-state index in [4.69, 9.17) is 9.47 Å². The number of fused-ring (bicyclic) bond motifs is 2. The molecule has 0 bridgehead atoms. The molecule has 32 heavy (non-hydrogen) atoms. The summed E-state index contributed by atoms with van der Waals surface area (Å²) < 4.78 is 10.7. The lowest BCUT2D eigenvalue weighted by Gasteiger charge is -2.39. The van der Waals surface area contributed by atoms with Gasteiger partial charge >= 0.3 is 0 Å². The van der Waals surface area contributed by atoms with Gasteiger partial charge in [-0.15, -0.1) is 0 Å². The summed E-state index contributed by atoms with van der Waals surface area (Å²) in [5.74, 6) is -4.43. The summed E-state index contributed by atoms with van der Waals surface area (Å²) in [6.07, 6.45) is -8.32. The van der Waals surface area contributed by atoms with Gasteiger partial charge in [-0.05, 0) is 24.6 Å². The van der Waals surface area contributed by atoms with Crippen LogP contribution in [0, 0.1) is 6.92 Å². The molecular formula is C21H20O11. The van der Waals surface area contributed by atoms with Gasteiger partial charge in [0.1, 0.15) is 35.9 Å². The molecule has 1 heterocycles. The van der Waals surface area contributed by atoms with Gasteiger partial charge < -0.3 is 45.2 Å². The molecule has 170 valence electrons. The number of carbonyl (C=O) groups excluding carboxylic acids is 2. The SMILES string of the molecule is Cc1cc(O)c2c(c1)C(=O)c1c(O)c(O)cc(OC3OC(CO)C(O)C(O)C3O)c1C2=O. The highest BCUT2D eigenvalue weighted by atomic mass is 16.7.